The molecule has 0 radical (unpaired) electrons. The van der Waals surface area contributed by atoms with Gasteiger partial charge in [0.2, 0.25) is 0 Å². The first-order chi connectivity index (χ1) is 10.8. The SMILES string of the molecule is CCc1ccc(CNC(=NC)NCCCCN2CCCC2)s1.I. The number of nitrogens with one attached hydrogen (secondary N) is 2. The summed E-state index contributed by atoms with van der Waals surface area (Å²) in [5, 5.41) is 6.80. The summed E-state index contributed by atoms with van der Waals surface area (Å²) in [5.74, 6) is 0.910. The van der Waals surface area contributed by atoms with E-state index in [1.165, 1.54) is 55.1 Å². The van der Waals surface area contributed by atoms with Gasteiger partial charge in [-0.15, -0.1) is 35.3 Å². The van der Waals surface area contributed by atoms with E-state index in [9.17, 15) is 0 Å². The predicted octanol–water partition coefficient (Wildman–Crippen LogP) is 3.47. The minimum atomic E-state index is 0. The number of halogens is 1. The highest BCUT2D eigenvalue weighted by molar-refractivity contribution is 14.0. The molecule has 2 rings (SSSR count). The van der Waals surface area contributed by atoms with Crippen molar-refractivity contribution >= 4 is 41.3 Å². The van der Waals surface area contributed by atoms with E-state index in [0.717, 1.165) is 25.5 Å². The van der Waals surface area contributed by atoms with Crippen LogP contribution in [0.5, 0.6) is 0 Å². The fourth-order valence-corrected chi connectivity index (χ4v) is 3.67. The maximum Gasteiger partial charge on any atom is 0.191 e. The fraction of sp³-hybridized carbons (Fsp3) is 0.706. The van der Waals surface area contributed by atoms with E-state index in [1.54, 1.807) is 0 Å². The first-order valence-corrected chi connectivity index (χ1v) is 9.38. The summed E-state index contributed by atoms with van der Waals surface area (Å²) in [7, 11) is 1.84. The average Bonchev–Trinajstić information content (AvgIpc) is 3.21. The molecule has 0 bridgehead atoms. The topological polar surface area (TPSA) is 39.7 Å². The predicted molar refractivity (Wildman–Crippen MR) is 112 cm³/mol. The van der Waals surface area contributed by atoms with Crippen molar-refractivity contribution in [3.63, 3.8) is 0 Å². The van der Waals surface area contributed by atoms with Crippen molar-refractivity contribution in [2.24, 2.45) is 4.99 Å². The van der Waals surface area contributed by atoms with E-state index in [4.69, 9.17) is 0 Å². The summed E-state index contributed by atoms with van der Waals surface area (Å²) in [6.07, 6.45) is 6.37. The number of hydrogen-bond acceptors (Lipinski definition) is 3. The molecule has 6 heteroatoms. The van der Waals surface area contributed by atoms with Gasteiger partial charge >= 0.3 is 0 Å². The van der Waals surface area contributed by atoms with Crippen LogP contribution in [0.2, 0.25) is 0 Å². The van der Waals surface area contributed by atoms with Gasteiger partial charge in [0.05, 0.1) is 6.54 Å². The van der Waals surface area contributed by atoms with Crippen molar-refractivity contribution in [3.8, 4) is 0 Å². The number of unbranched alkanes of at least 4 members (excludes halogenated alkanes) is 1. The molecule has 0 amide bonds. The van der Waals surface area contributed by atoms with Crippen LogP contribution in [0.3, 0.4) is 0 Å². The van der Waals surface area contributed by atoms with Crippen molar-refractivity contribution in [1.82, 2.24) is 15.5 Å². The largest absolute Gasteiger partial charge is 0.356 e. The lowest BCUT2D eigenvalue weighted by Gasteiger charge is -2.15. The molecule has 1 aliphatic heterocycles. The van der Waals surface area contributed by atoms with Gasteiger partial charge in [-0.05, 0) is 63.9 Å². The molecule has 0 aromatic carbocycles. The van der Waals surface area contributed by atoms with Crippen molar-refractivity contribution in [2.45, 2.75) is 45.6 Å². The Morgan fingerprint density at radius 1 is 1.17 bits per heavy atom. The molecule has 1 saturated heterocycles. The number of aliphatic imine (C=N–C) groups is 1. The van der Waals surface area contributed by atoms with Crippen molar-refractivity contribution in [3.05, 3.63) is 21.9 Å². The first kappa shape index (κ1) is 20.7. The van der Waals surface area contributed by atoms with E-state index >= 15 is 0 Å². The zero-order valence-electron chi connectivity index (χ0n) is 14.4. The zero-order chi connectivity index (χ0) is 15.6. The Bertz CT molecular complexity index is 455. The molecule has 1 aromatic heterocycles. The van der Waals surface area contributed by atoms with Crippen LogP contribution in [-0.2, 0) is 13.0 Å². The molecule has 23 heavy (non-hydrogen) atoms. The Hall–Kier alpha value is -0.340. The number of aryl methyl sites for hydroxylation is 1. The van der Waals surface area contributed by atoms with Crippen LogP contribution < -0.4 is 10.6 Å². The molecule has 0 saturated carbocycles. The van der Waals surface area contributed by atoms with Gasteiger partial charge in [-0.1, -0.05) is 6.92 Å². The van der Waals surface area contributed by atoms with E-state index < -0.39 is 0 Å². The molecule has 1 fully saturated rings. The highest BCUT2D eigenvalue weighted by atomic mass is 127. The van der Waals surface area contributed by atoms with Crippen LogP contribution in [0, 0.1) is 0 Å². The van der Waals surface area contributed by atoms with Crippen LogP contribution in [-0.4, -0.2) is 44.1 Å². The Balaban J connectivity index is 0.00000264. The summed E-state index contributed by atoms with van der Waals surface area (Å²) in [4.78, 5) is 9.69. The van der Waals surface area contributed by atoms with Crippen LogP contribution in [0.4, 0.5) is 0 Å². The van der Waals surface area contributed by atoms with Gasteiger partial charge in [-0.25, -0.2) is 0 Å². The zero-order valence-corrected chi connectivity index (χ0v) is 17.6. The summed E-state index contributed by atoms with van der Waals surface area (Å²) < 4.78 is 0. The van der Waals surface area contributed by atoms with Gasteiger partial charge in [0.25, 0.3) is 0 Å². The smallest absolute Gasteiger partial charge is 0.191 e. The minimum Gasteiger partial charge on any atom is -0.356 e. The number of thiophene rings is 1. The number of nitrogens with zero attached hydrogens (tertiary/aromatic N) is 2. The molecular formula is C17H31IN4S. The van der Waals surface area contributed by atoms with Crippen molar-refractivity contribution in [2.75, 3.05) is 33.2 Å². The van der Waals surface area contributed by atoms with Crippen LogP contribution >= 0.6 is 35.3 Å². The Morgan fingerprint density at radius 2 is 1.91 bits per heavy atom. The Labute approximate surface area is 162 Å². The maximum absolute atomic E-state index is 4.29. The summed E-state index contributed by atoms with van der Waals surface area (Å²) in [6, 6.07) is 4.43. The molecule has 1 aliphatic rings. The van der Waals surface area contributed by atoms with Crippen molar-refractivity contribution < 1.29 is 0 Å². The van der Waals surface area contributed by atoms with E-state index in [-0.39, 0.29) is 24.0 Å². The van der Waals surface area contributed by atoms with Crippen LogP contribution in [0.15, 0.2) is 17.1 Å². The highest BCUT2D eigenvalue weighted by Crippen LogP contribution is 2.16. The summed E-state index contributed by atoms with van der Waals surface area (Å²) in [6.45, 7) is 7.92. The maximum atomic E-state index is 4.29. The second-order valence-corrected chi connectivity index (χ2v) is 7.08. The molecule has 0 unspecified atom stereocenters. The fourth-order valence-electron chi connectivity index (χ4n) is 2.77. The van der Waals surface area contributed by atoms with E-state index in [0.29, 0.717) is 0 Å². The second kappa shape index (κ2) is 12.1. The number of hydrogen-bond donors (Lipinski definition) is 2. The van der Waals surface area contributed by atoms with Gasteiger partial charge in [0, 0.05) is 23.3 Å². The standard InChI is InChI=1S/C17H30N4S.HI/c1-3-15-8-9-16(22-15)14-20-17(18-2)19-10-4-5-11-21-12-6-7-13-21;/h8-9H,3-7,10-14H2,1-2H3,(H2,18,19,20);1H. The molecule has 4 nitrogen and oxygen atoms in total. The van der Waals surface area contributed by atoms with Gasteiger partial charge in [0.1, 0.15) is 0 Å². The monoisotopic (exact) mass is 450 g/mol. The molecule has 0 atom stereocenters. The molecule has 2 N–H and O–H groups in total. The minimum absolute atomic E-state index is 0. The molecule has 0 aliphatic carbocycles. The van der Waals surface area contributed by atoms with E-state index in [1.807, 2.05) is 18.4 Å². The molecule has 2 heterocycles. The lowest BCUT2D eigenvalue weighted by Crippen LogP contribution is -2.37. The first-order valence-electron chi connectivity index (χ1n) is 8.56. The van der Waals surface area contributed by atoms with Gasteiger partial charge in [-0.3, -0.25) is 4.99 Å². The quantitative estimate of drug-likeness (QED) is 0.276. The normalized spacial score (nSPS) is 15.5. The van der Waals surface area contributed by atoms with E-state index in [2.05, 4.69) is 39.6 Å². The number of guanidine groups is 1. The molecular weight excluding hydrogens is 419 g/mol. The Kier molecular flexibility index (Phi) is 10.9. The molecule has 1 aromatic rings. The highest BCUT2D eigenvalue weighted by Gasteiger charge is 2.10. The van der Waals surface area contributed by atoms with Crippen LogP contribution in [0.1, 0.15) is 42.4 Å². The lowest BCUT2D eigenvalue weighted by molar-refractivity contribution is 0.330. The van der Waals surface area contributed by atoms with Gasteiger partial charge in [-0.2, -0.15) is 0 Å². The Morgan fingerprint density at radius 3 is 2.57 bits per heavy atom. The van der Waals surface area contributed by atoms with Crippen molar-refractivity contribution in [1.29, 1.82) is 0 Å². The summed E-state index contributed by atoms with van der Waals surface area (Å²) in [5.41, 5.74) is 0. The average molecular weight is 450 g/mol. The number of rotatable bonds is 8. The second-order valence-electron chi connectivity index (χ2n) is 5.83. The molecule has 132 valence electrons. The third kappa shape index (κ3) is 7.85. The lowest BCUT2D eigenvalue weighted by atomic mass is 10.3. The third-order valence-corrected chi connectivity index (χ3v) is 5.34. The van der Waals surface area contributed by atoms with Crippen LogP contribution in [0.25, 0.3) is 0 Å². The molecule has 0 spiro atoms. The summed E-state index contributed by atoms with van der Waals surface area (Å²) >= 11 is 1.88. The third-order valence-electron chi connectivity index (χ3n) is 4.11. The number of likely N-dealkylation sites (tertiary alicyclic amines) is 1. The van der Waals surface area contributed by atoms with Gasteiger partial charge < -0.3 is 15.5 Å². The van der Waals surface area contributed by atoms with Gasteiger partial charge in [0.15, 0.2) is 5.96 Å².